The predicted octanol–water partition coefficient (Wildman–Crippen LogP) is 3.84. The van der Waals surface area contributed by atoms with Crippen molar-refractivity contribution in [1.82, 2.24) is 0 Å². The van der Waals surface area contributed by atoms with E-state index in [2.05, 4.69) is 13.8 Å². The minimum atomic E-state index is -0.890. The summed E-state index contributed by atoms with van der Waals surface area (Å²) in [6, 6.07) is 0. The molecular weight excluding hydrogens is 338 g/mol. The highest BCUT2D eigenvalue weighted by Crippen LogP contribution is 2.68. The van der Waals surface area contributed by atoms with Crippen molar-refractivity contribution in [1.29, 1.82) is 0 Å². The van der Waals surface area contributed by atoms with Gasteiger partial charge in [-0.05, 0) is 99.2 Å². The second kappa shape index (κ2) is 6.30. The molecule has 0 radical (unpaired) electrons. The van der Waals surface area contributed by atoms with Gasteiger partial charge in [-0.3, -0.25) is 9.59 Å². The zero-order chi connectivity index (χ0) is 19.6. The Morgan fingerprint density at radius 2 is 1.67 bits per heavy atom. The van der Waals surface area contributed by atoms with Crippen LogP contribution in [0.4, 0.5) is 0 Å². The molecule has 0 bridgehead atoms. The molecule has 0 aliphatic heterocycles. The van der Waals surface area contributed by atoms with E-state index < -0.39 is 5.60 Å². The number of carbonyl (C=O) groups is 2. The van der Waals surface area contributed by atoms with Gasteiger partial charge in [0.05, 0.1) is 12.0 Å². The summed E-state index contributed by atoms with van der Waals surface area (Å²) in [7, 11) is 0. The minimum Gasteiger partial charge on any atom is -0.389 e. The van der Waals surface area contributed by atoms with Crippen LogP contribution in [0, 0.1) is 40.4 Å². The smallest absolute Gasteiger partial charge is 0.220 e. The molecule has 0 aromatic rings. The van der Waals surface area contributed by atoms with E-state index >= 15 is 0 Å². The third-order valence-electron chi connectivity index (χ3n) is 9.81. The number of fused-ring (bicyclic) bond motifs is 5. The molecule has 8 atom stereocenters. The number of ketones is 1. The molecule has 152 valence electrons. The molecule has 0 aromatic heterocycles. The summed E-state index contributed by atoms with van der Waals surface area (Å²) in [4.78, 5) is 23.7. The van der Waals surface area contributed by atoms with Crippen LogP contribution in [-0.4, -0.2) is 22.4 Å². The largest absolute Gasteiger partial charge is 0.389 e. The minimum absolute atomic E-state index is 0.106. The molecule has 4 aliphatic carbocycles. The molecule has 0 spiro atoms. The monoisotopic (exact) mass is 375 g/mol. The van der Waals surface area contributed by atoms with Crippen LogP contribution in [0.25, 0.3) is 0 Å². The van der Waals surface area contributed by atoms with Gasteiger partial charge in [0, 0.05) is 5.92 Å². The van der Waals surface area contributed by atoms with Gasteiger partial charge < -0.3 is 10.8 Å². The van der Waals surface area contributed by atoms with Crippen LogP contribution in [-0.2, 0) is 9.59 Å². The number of amides is 1. The maximum absolute atomic E-state index is 12.3. The Hall–Kier alpha value is -0.900. The molecule has 0 saturated heterocycles. The highest BCUT2D eigenvalue weighted by atomic mass is 16.3. The van der Waals surface area contributed by atoms with Crippen LogP contribution in [0.1, 0.15) is 85.0 Å². The van der Waals surface area contributed by atoms with E-state index in [0.717, 1.165) is 31.6 Å². The van der Waals surface area contributed by atoms with Gasteiger partial charge in [0.2, 0.25) is 5.91 Å². The number of primary amides is 1. The summed E-state index contributed by atoms with van der Waals surface area (Å²) in [5.41, 5.74) is 4.98. The normalized spacial score (nSPS) is 51.8. The lowest BCUT2D eigenvalue weighted by molar-refractivity contribution is -0.158. The molecule has 3 N–H and O–H groups in total. The van der Waals surface area contributed by atoms with Crippen molar-refractivity contribution in [2.24, 2.45) is 46.2 Å². The van der Waals surface area contributed by atoms with Crippen molar-refractivity contribution in [2.45, 2.75) is 90.6 Å². The van der Waals surface area contributed by atoms with Gasteiger partial charge in [-0.2, -0.15) is 0 Å². The quantitative estimate of drug-likeness (QED) is 0.786. The first-order valence-electron chi connectivity index (χ1n) is 11.1. The Morgan fingerprint density at radius 3 is 2.33 bits per heavy atom. The van der Waals surface area contributed by atoms with Gasteiger partial charge in [0.25, 0.3) is 0 Å². The van der Waals surface area contributed by atoms with Crippen LogP contribution in [0.15, 0.2) is 0 Å². The molecule has 4 rings (SSSR count). The van der Waals surface area contributed by atoms with Crippen LogP contribution < -0.4 is 5.73 Å². The van der Waals surface area contributed by atoms with Crippen molar-refractivity contribution >= 4 is 11.7 Å². The van der Waals surface area contributed by atoms with Crippen molar-refractivity contribution in [3.8, 4) is 0 Å². The first kappa shape index (κ1) is 19.4. The van der Waals surface area contributed by atoms with E-state index in [9.17, 15) is 14.7 Å². The van der Waals surface area contributed by atoms with E-state index in [4.69, 9.17) is 5.73 Å². The Morgan fingerprint density at radius 1 is 0.963 bits per heavy atom. The Balaban J connectivity index is 1.56. The van der Waals surface area contributed by atoms with Gasteiger partial charge in [0.15, 0.2) is 0 Å². The number of hydrogen-bond acceptors (Lipinski definition) is 3. The van der Waals surface area contributed by atoms with E-state index in [0.29, 0.717) is 30.0 Å². The summed E-state index contributed by atoms with van der Waals surface area (Å²) in [6.07, 6.45) is 9.61. The van der Waals surface area contributed by atoms with Gasteiger partial charge in [0.1, 0.15) is 5.78 Å². The number of carbonyl (C=O) groups excluding carboxylic acids is 2. The van der Waals surface area contributed by atoms with Crippen molar-refractivity contribution < 1.29 is 14.7 Å². The number of Topliss-reactive ketones (excluding diaryl/α,β-unsaturated/α-hetero) is 1. The van der Waals surface area contributed by atoms with Crippen LogP contribution in [0.3, 0.4) is 0 Å². The second-order valence-electron chi connectivity index (χ2n) is 11.0. The molecule has 4 heteroatoms. The summed E-state index contributed by atoms with van der Waals surface area (Å²) in [5.74, 6) is 2.90. The lowest BCUT2D eigenvalue weighted by Crippen LogP contribution is -2.56. The average Bonchev–Trinajstić information content (AvgIpc) is 2.92. The SMILES string of the molecule is CC(=O)[C@H]1CC[C@H]2[C@@H]3CC[C@H]4C[C@@](O)(CC(N)=O)CC[C@]4(C)[C@H]3CC[C@]12C. The third kappa shape index (κ3) is 2.89. The number of rotatable bonds is 3. The molecule has 1 amide bonds. The summed E-state index contributed by atoms with van der Waals surface area (Å²) in [6.45, 7) is 6.65. The van der Waals surface area contributed by atoms with E-state index in [1.807, 2.05) is 0 Å². The lowest BCUT2D eigenvalue weighted by atomic mass is 9.43. The van der Waals surface area contributed by atoms with Crippen molar-refractivity contribution in [3.63, 3.8) is 0 Å². The first-order chi connectivity index (χ1) is 12.6. The van der Waals surface area contributed by atoms with Crippen molar-refractivity contribution in [3.05, 3.63) is 0 Å². The molecule has 0 heterocycles. The maximum Gasteiger partial charge on any atom is 0.220 e. The highest BCUT2D eigenvalue weighted by Gasteiger charge is 2.61. The van der Waals surface area contributed by atoms with Gasteiger partial charge in [-0.15, -0.1) is 0 Å². The van der Waals surface area contributed by atoms with E-state index in [-0.39, 0.29) is 29.1 Å². The fourth-order valence-corrected chi connectivity index (χ4v) is 8.48. The summed E-state index contributed by atoms with van der Waals surface area (Å²) >= 11 is 0. The zero-order valence-corrected chi connectivity index (χ0v) is 17.3. The van der Waals surface area contributed by atoms with E-state index in [1.54, 1.807) is 6.92 Å². The van der Waals surface area contributed by atoms with Gasteiger partial charge in [-0.25, -0.2) is 0 Å². The number of aliphatic hydroxyl groups is 1. The first-order valence-corrected chi connectivity index (χ1v) is 11.1. The fraction of sp³-hybridized carbons (Fsp3) is 0.913. The Bertz CT molecular complexity index is 648. The number of nitrogens with two attached hydrogens (primary N) is 1. The average molecular weight is 376 g/mol. The molecule has 4 nitrogen and oxygen atoms in total. The molecule has 0 aromatic carbocycles. The summed E-state index contributed by atoms with van der Waals surface area (Å²) in [5, 5.41) is 10.9. The molecule has 4 fully saturated rings. The van der Waals surface area contributed by atoms with Gasteiger partial charge >= 0.3 is 0 Å². The molecule has 0 unspecified atom stereocenters. The Kier molecular flexibility index (Phi) is 4.53. The number of hydrogen-bond donors (Lipinski definition) is 2. The standard InChI is InChI=1S/C23H37NO3/c1-14(25)17-6-7-18-16-5-4-15-12-23(27,13-20(24)26)11-10-21(15,2)19(16)8-9-22(17,18)3/h15-19,27H,4-13H2,1-3H3,(H2,24,26)/t15-,16-,17+,18-,19-,21-,22+,23+/m0/s1. The van der Waals surface area contributed by atoms with Crippen LogP contribution in [0.2, 0.25) is 0 Å². The zero-order valence-electron chi connectivity index (χ0n) is 17.3. The maximum atomic E-state index is 12.3. The van der Waals surface area contributed by atoms with Crippen LogP contribution >= 0.6 is 0 Å². The second-order valence-corrected chi connectivity index (χ2v) is 11.0. The molecule has 27 heavy (non-hydrogen) atoms. The molecule has 4 aliphatic rings. The van der Waals surface area contributed by atoms with Gasteiger partial charge in [-0.1, -0.05) is 13.8 Å². The molecular formula is C23H37NO3. The van der Waals surface area contributed by atoms with Crippen LogP contribution in [0.5, 0.6) is 0 Å². The fourth-order valence-electron chi connectivity index (χ4n) is 8.48. The predicted molar refractivity (Wildman–Crippen MR) is 105 cm³/mol. The highest BCUT2D eigenvalue weighted by molar-refractivity contribution is 5.79. The topological polar surface area (TPSA) is 80.4 Å². The van der Waals surface area contributed by atoms with Crippen molar-refractivity contribution in [2.75, 3.05) is 0 Å². The molecule has 4 saturated carbocycles. The summed E-state index contributed by atoms with van der Waals surface area (Å²) < 4.78 is 0. The Labute approximate surface area is 163 Å². The lowest BCUT2D eigenvalue weighted by Gasteiger charge is -2.62. The van der Waals surface area contributed by atoms with E-state index in [1.165, 1.54) is 25.7 Å². The third-order valence-corrected chi connectivity index (χ3v) is 9.81.